The first-order chi connectivity index (χ1) is 7.34. The van der Waals surface area contributed by atoms with Gasteiger partial charge in [-0.25, -0.2) is 8.42 Å². The zero-order valence-electron chi connectivity index (χ0n) is 9.90. The van der Waals surface area contributed by atoms with E-state index in [1.165, 1.54) is 0 Å². The number of sulfone groups is 1. The fraction of sp³-hybridized carbons (Fsp3) is 0.727. The Balaban J connectivity index is 2.94. The van der Waals surface area contributed by atoms with E-state index in [1.807, 2.05) is 6.92 Å². The van der Waals surface area contributed by atoms with Crippen LogP contribution < -0.4 is 0 Å². The van der Waals surface area contributed by atoms with Gasteiger partial charge in [0.2, 0.25) is 5.91 Å². The topological polar surface area (TPSA) is 54.5 Å². The standard InChI is InChI=1S/C11H19NO3S/c1-4-7-12(10(13)5-2)11(3)6-8-16(14,15)9-11/h4H,1,5-9H2,2-3H3/t11-/m0/s1. The number of carbonyl (C=O) groups excluding carboxylic acids is 1. The van der Waals surface area contributed by atoms with Crippen molar-refractivity contribution in [3.8, 4) is 0 Å². The van der Waals surface area contributed by atoms with Crippen molar-refractivity contribution in [3.63, 3.8) is 0 Å². The van der Waals surface area contributed by atoms with E-state index in [0.717, 1.165) is 0 Å². The summed E-state index contributed by atoms with van der Waals surface area (Å²) < 4.78 is 23.0. The molecule has 1 atom stereocenters. The number of carbonyl (C=O) groups is 1. The van der Waals surface area contributed by atoms with Crippen LogP contribution >= 0.6 is 0 Å². The molecule has 0 aliphatic carbocycles. The van der Waals surface area contributed by atoms with Crippen molar-refractivity contribution in [2.45, 2.75) is 32.2 Å². The van der Waals surface area contributed by atoms with Gasteiger partial charge in [-0.05, 0) is 13.3 Å². The molecule has 16 heavy (non-hydrogen) atoms. The highest BCUT2D eigenvalue weighted by molar-refractivity contribution is 7.91. The molecule has 0 aromatic heterocycles. The second-order valence-corrected chi connectivity index (χ2v) is 6.67. The predicted octanol–water partition coefficient (Wildman–Crippen LogP) is 0.988. The average molecular weight is 245 g/mol. The van der Waals surface area contributed by atoms with Gasteiger partial charge < -0.3 is 4.90 Å². The SMILES string of the molecule is C=CCN(C(=O)CC)[C@@]1(C)CCS(=O)(=O)C1. The summed E-state index contributed by atoms with van der Waals surface area (Å²) in [5, 5.41) is 0. The largest absolute Gasteiger partial charge is 0.333 e. The maximum Gasteiger partial charge on any atom is 0.223 e. The van der Waals surface area contributed by atoms with E-state index in [9.17, 15) is 13.2 Å². The summed E-state index contributed by atoms with van der Waals surface area (Å²) in [5.41, 5.74) is -0.555. The molecule has 1 aliphatic heterocycles. The molecule has 92 valence electrons. The smallest absolute Gasteiger partial charge is 0.223 e. The van der Waals surface area contributed by atoms with Gasteiger partial charge >= 0.3 is 0 Å². The molecule has 1 fully saturated rings. The van der Waals surface area contributed by atoms with Crippen molar-refractivity contribution in [1.29, 1.82) is 0 Å². The first-order valence-electron chi connectivity index (χ1n) is 5.46. The van der Waals surface area contributed by atoms with Gasteiger partial charge in [0.25, 0.3) is 0 Å². The summed E-state index contributed by atoms with van der Waals surface area (Å²) in [4.78, 5) is 13.4. The summed E-state index contributed by atoms with van der Waals surface area (Å²) in [6.45, 7) is 7.65. The fourth-order valence-electron chi connectivity index (χ4n) is 2.15. The van der Waals surface area contributed by atoms with E-state index in [-0.39, 0.29) is 17.4 Å². The van der Waals surface area contributed by atoms with Crippen LogP contribution in [0, 0.1) is 0 Å². The molecule has 0 saturated carbocycles. The van der Waals surface area contributed by atoms with Gasteiger partial charge in [0.15, 0.2) is 9.84 Å². The second-order valence-electron chi connectivity index (χ2n) is 4.49. The number of nitrogens with zero attached hydrogens (tertiary/aromatic N) is 1. The maximum atomic E-state index is 11.8. The third kappa shape index (κ3) is 2.64. The van der Waals surface area contributed by atoms with Crippen molar-refractivity contribution in [2.75, 3.05) is 18.1 Å². The van der Waals surface area contributed by atoms with Gasteiger partial charge in [0.05, 0.1) is 17.0 Å². The molecule has 0 spiro atoms. The quantitative estimate of drug-likeness (QED) is 0.694. The molecule has 1 saturated heterocycles. The Morgan fingerprint density at radius 2 is 2.19 bits per heavy atom. The van der Waals surface area contributed by atoms with Crippen LogP contribution in [0.1, 0.15) is 26.7 Å². The molecule has 4 nitrogen and oxygen atoms in total. The van der Waals surface area contributed by atoms with Crippen LogP contribution in [0.5, 0.6) is 0 Å². The third-order valence-corrected chi connectivity index (χ3v) is 4.94. The minimum atomic E-state index is -2.99. The lowest BCUT2D eigenvalue weighted by Crippen LogP contribution is -2.50. The average Bonchev–Trinajstić information content (AvgIpc) is 2.49. The molecular weight excluding hydrogens is 226 g/mol. The lowest BCUT2D eigenvalue weighted by atomic mass is 9.98. The number of rotatable bonds is 4. The van der Waals surface area contributed by atoms with Crippen molar-refractivity contribution >= 4 is 15.7 Å². The Bertz CT molecular complexity index is 388. The molecule has 1 amide bonds. The van der Waals surface area contributed by atoms with Gasteiger partial charge in [-0.3, -0.25) is 4.79 Å². The molecule has 1 aliphatic rings. The van der Waals surface area contributed by atoms with Gasteiger partial charge in [-0.15, -0.1) is 6.58 Å². The lowest BCUT2D eigenvalue weighted by Gasteiger charge is -2.36. The van der Waals surface area contributed by atoms with Crippen LogP contribution in [-0.2, 0) is 14.6 Å². The van der Waals surface area contributed by atoms with Crippen LogP contribution in [0.3, 0.4) is 0 Å². The highest BCUT2D eigenvalue weighted by Crippen LogP contribution is 2.29. The molecule has 0 aromatic carbocycles. The van der Waals surface area contributed by atoms with Crippen molar-refractivity contribution < 1.29 is 13.2 Å². The minimum absolute atomic E-state index is 0.0144. The monoisotopic (exact) mass is 245 g/mol. The van der Waals surface area contributed by atoms with Gasteiger partial charge in [-0.1, -0.05) is 13.0 Å². The van der Waals surface area contributed by atoms with Gasteiger partial charge in [0.1, 0.15) is 0 Å². The summed E-state index contributed by atoms with van der Waals surface area (Å²) in [7, 11) is -2.99. The van der Waals surface area contributed by atoms with E-state index < -0.39 is 15.4 Å². The minimum Gasteiger partial charge on any atom is -0.333 e. The van der Waals surface area contributed by atoms with Crippen molar-refractivity contribution in [3.05, 3.63) is 12.7 Å². The number of hydrogen-bond donors (Lipinski definition) is 0. The van der Waals surface area contributed by atoms with E-state index >= 15 is 0 Å². The van der Waals surface area contributed by atoms with Crippen molar-refractivity contribution in [1.82, 2.24) is 4.90 Å². The number of hydrogen-bond acceptors (Lipinski definition) is 3. The highest BCUT2D eigenvalue weighted by Gasteiger charge is 2.43. The molecule has 0 unspecified atom stereocenters. The van der Waals surface area contributed by atoms with Gasteiger partial charge in [-0.2, -0.15) is 0 Å². The second kappa shape index (κ2) is 4.57. The van der Waals surface area contributed by atoms with E-state index in [1.54, 1.807) is 17.9 Å². The molecule has 1 heterocycles. The summed E-state index contributed by atoms with van der Waals surface area (Å²) in [5.74, 6) is 0.229. The summed E-state index contributed by atoms with van der Waals surface area (Å²) in [6, 6.07) is 0. The molecule has 0 radical (unpaired) electrons. The Labute approximate surface area is 97.2 Å². The molecule has 0 N–H and O–H groups in total. The van der Waals surface area contributed by atoms with Crippen LogP contribution in [-0.4, -0.2) is 42.8 Å². The van der Waals surface area contributed by atoms with E-state index in [0.29, 0.717) is 19.4 Å². The summed E-state index contributed by atoms with van der Waals surface area (Å²) >= 11 is 0. The Morgan fingerprint density at radius 3 is 2.56 bits per heavy atom. The Kier molecular flexibility index (Phi) is 3.78. The zero-order chi connectivity index (χ0) is 12.4. The molecule has 0 aromatic rings. The Hall–Kier alpha value is -0.840. The van der Waals surface area contributed by atoms with Crippen LogP contribution in [0.2, 0.25) is 0 Å². The maximum absolute atomic E-state index is 11.8. The van der Waals surface area contributed by atoms with Crippen LogP contribution in [0.25, 0.3) is 0 Å². The Morgan fingerprint density at radius 1 is 1.56 bits per heavy atom. The fourth-order valence-corrected chi connectivity index (χ4v) is 4.29. The molecule has 0 bridgehead atoms. The highest BCUT2D eigenvalue weighted by atomic mass is 32.2. The normalized spacial score (nSPS) is 27.6. The number of amides is 1. The van der Waals surface area contributed by atoms with Crippen molar-refractivity contribution in [2.24, 2.45) is 0 Å². The van der Waals surface area contributed by atoms with E-state index in [4.69, 9.17) is 0 Å². The lowest BCUT2D eigenvalue weighted by molar-refractivity contribution is -0.135. The summed E-state index contributed by atoms with van der Waals surface area (Å²) in [6.07, 6.45) is 2.56. The molecular formula is C11H19NO3S. The van der Waals surface area contributed by atoms with Gasteiger partial charge in [0, 0.05) is 13.0 Å². The zero-order valence-corrected chi connectivity index (χ0v) is 10.7. The first kappa shape index (κ1) is 13.2. The first-order valence-corrected chi connectivity index (χ1v) is 7.28. The molecule has 5 heteroatoms. The predicted molar refractivity (Wildman–Crippen MR) is 63.9 cm³/mol. The molecule has 1 rings (SSSR count). The van der Waals surface area contributed by atoms with Crippen LogP contribution in [0.15, 0.2) is 12.7 Å². The van der Waals surface area contributed by atoms with Crippen LogP contribution in [0.4, 0.5) is 0 Å². The van der Waals surface area contributed by atoms with E-state index in [2.05, 4.69) is 6.58 Å². The third-order valence-electron chi connectivity index (χ3n) is 3.05.